The Kier molecular flexibility index (Phi) is 7.28. The monoisotopic (exact) mass is 553 g/mol. The number of aliphatic hydroxyl groups is 1. The summed E-state index contributed by atoms with van der Waals surface area (Å²) in [4.78, 5) is 11.5. The second kappa shape index (κ2) is 10.7. The van der Waals surface area contributed by atoms with E-state index in [9.17, 15) is 9.50 Å². The van der Waals surface area contributed by atoms with Gasteiger partial charge in [-0.05, 0) is 25.0 Å². The fourth-order valence-corrected chi connectivity index (χ4v) is 5.07. The maximum Gasteiger partial charge on any atom is 0.177 e. The van der Waals surface area contributed by atoms with E-state index in [1.54, 1.807) is 19.2 Å². The van der Waals surface area contributed by atoms with Crippen molar-refractivity contribution in [1.29, 1.82) is 5.41 Å². The zero-order chi connectivity index (χ0) is 27.7. The molecular formula is C27H29ClFN7O3. The van der Waals surface area contributed by atoms with E-state index in [1.807, 2.05) is 19.1 Å². The lowest BCUT2D eigenvalue weighted by atomic mass is 9.79. The van der Waals surface area contributed by atoms with Crippen LogP contribution in [0.1, 0.15) is 25.5 Å². The maximum atomic E-state index is 13.9. The molecule has 10 nitrogen and oxygen atoms in total. The first-order valence-electron chi connectivity index (χ1n) is 12.4. The molecule has 0 radical (unpaired) electrons. The molecule has 2 aromatic heterocycles. The molecule has 204 valence electrons. The predicted molar refractivity (Wildman–Crippen MR) is 148 cm³/mol. The predicted octanol–water partition coefficient (Wildman–Crippen LogP) is 5.02. The van der Waals surface area contributed by atoms with Crippen LogP contribution in [0.15, 0.2) is 36.4 Å². The number of aromatic nitrogens is 4. The van der Waals surface area contributed by atoms with Crippen LogP contribution in [-0.4, -0.2) is 58.4 Å². The quantitative estimate of drug-likeness (QED) is 0.185. The number of aromatic amines is 1. The van der Waals surface area contributed by atoms with Gasteiger partial charge in [-0.3, -0.25) is 10.5 Å². The number of methoxy groups -OCH3 is 2. The summed E-state index contributed by atoms with van der Waals surface area (Å²) in [6.07, 6.45) is 1.28. The zero-order valence-electron chi connectivity index (χ0n) is 21.8. The third-order valence-electron chi connectivity index (χ3n) is 7.18. The Morgan fingerprint density at radius 3 is 2.67 bits per heavy atom. The van der Waals surface area contributed by atoms with Gasteiger partial charge in [0.25, 0.3) is 0 Å². The molecule has 0 bridgehead atoms. The van der Waals surface area contributed by atoms with Crippen molar-refractivity contribution in [1.82, 2.24) is 20.2 Å². The van der Waals surface area contributed by atoms with Gasteiger partial charge in [-0.1, -0.05) is 30.7 Å². The number of halogens is 2. The largest absolute Gasteiger partial charge is 0.497 e. The molecule has 1 saturated heterocycles. The summed E-state index contributed by atoms with van der Waals surface area (Å²) in [5.41, 5.74) is 2.55. The van der Waals surface area contributed by atoms with Crippen LogP contribution >= 0.6 is 11.6 Å². The summed E-state index contributed by atoms with van der Waals surface area (Å²) in [6, 6.07) is 9.69. The number of piperidine rings is 1. The summed E-state index contributed by atoms with van der Waals surface area (Å²) >= 11 is 6.52. The summed E-state index contributed by atoms with van der Waals surface area (Å²) in [5.74, 6) is 1.32. The van der Waals surface area contributed by atoms with Crippen LogP contribution in [0.25, 0.3) is 22.4 Å². The third kappa shape index (κ3) is 5.07. The van der Waals surface area contributed by atoms with Crippen molar-refractivity contribution in [2.75, 3.05) is 37.5 Å². The van der Waals surface area contributed by atoms with E-state index in [-0.39, 0.29) is 6.61 Å². The van der Waals surface area contributed by atoms with E-state index in [4.69, 9.17) is 36.5 Å². The first-order chi connectivity index (χ1) is 18.8. The van der Waals surface area contributed by atoms with Crippen molar-refractivity contribution in [3.05, 3.63) is 52.9 Å². The molecule has 0 unspecified atom stereocenters. The number of anilines is 2. The summed E-state index contributed by atoms with van der Waals surface area (Å²) in [7, 11) is 3.02. The van der Waals surface area contributed by atoms with Crippen LogP contribution in [0.4, 0.5) is 15.9 Å². The van der Waals surface area contributed by atoms with Gasteiger partial charge in [-0.25, -0.2) is 14.4 Å². The van der Waals surface area contributed by atoms with Crippen molar-refractivity contribution < 1.29 is 19.0 Å². The van der Waals surface area contributed by atoms with Gasteiger partial charge < -0.3 is 24.8 Å². The van der Waals surface area contributed by atoms with E-state index in [0.717, 1.165) is 0 Å². The lowest BCUT2D eigenvalue weighted by Gasteiger charge is -2.40. The highest BCUT2D eigenvalue weighted by Gasteiger charge is 2.36. The van der Waals surface area contributed by atoms with Crippen LogP contribution < -0.4 is 19.7 Å². The molecule has 1 fully saturated rings. The summed E-state index contributed by atoms with van der Waals surface area (Å²) < 4.78 is 24.4. The van der Waals surface area contributed by atoms with E-state index in [2.05, 4.69) is 20.4 Å². The first kappa shape index (κ1) is 26.6. The molecule has 3 heterocycles. The van der Waals surface area contributed by atoms with Crippen LogP contribution in [0.2, 0.25) is 5.02 Å². The highest BCUT2D eigenvalue weighted by molar-refractivity contribution is 6.35. The molecule has 0 spiro atoms. The van der Waals surface area contributed by atoms with Gasteiger partial charge in [0.05, 0.1) is 25.8 Å². The fourth-order valence-electron chi connectivity index (χ4n) is 4.77. The Balaban J connectivity index is 1.36. The van der Waals surface area contributed by atoms with E-state index >= 15 is 0 Å². The molecule has 0 saturated carbocycles. The lowest BCUT2D eigenvalue weighted by Crippen LogP contribution is -2.45. The van der Waals surface area contributed by atoms with Gasteiger partial charge >= 0.3 is 0 Å². The number of hydrogen-bond acceptors (Lipinski definition) is 8. The fraction of sp³-hybridized carbons (Fsp3) is 0.333. The number of nitrogens with zero attached hydrogens (tertiary/aromatic N) is 4. The summed E-state index contributed by atoms with van der Waals surface area (Å²) in [5, 5.41) is 29.7. The minimum atomic E-state index is -0.461. The van der Waals surface area contributed by atoms with Gasteiger partial charge in [0.15, 0.2) is 11.5 Å². The molecule has 1 aliphatic heterocycles. The standard InChI is InChI=1S/C27H29ClFN7O3/c1-27(26(30)31-16-11-15(29)12-17(13-16)38-2)7-9-36(10-8-27)25-19(14-37)32-23-22(34-35-24(23)33-25)18-5-4-6-20(39-3)21(18)28/h4-6,11-13,37H,7-10,14H2,1-3H3,(H2,30,31)(H,33,34,35). The smallest absolute Gasteiger partial charge is 0.177 e. The van der Waals surface area contributed by atoms with Gasteiger partial charge in [0.1, 0.15) is 40.1 Å². The minimum absolute atomic E-state index is 0.298. The number of fused-ring (bicyclic) bond motifs is 1. The molecule has 5 rings (SSSR count). The zero-order valence-corrected chi connectivity index (χ0v) is 22.6. The van der Waals surface area contributed by atoms with Gasteiger partial charge in [0, 0.05) is 41.9 Å². The molecule has 1 aliphatic rings. The average Bonchev–Trinajstić information content (AvgIpc) is 3.35. The number of hydrogen-bond donors (Lipinski definition) is 4. The second-order valence-electron chi connectivity index (χ2n) is 9.67. The van der Waals surface area contributed by atoms with Crippen LogP contribution in [-0.2, 0) is 6.61 Å². The number of nitrogens with one attached hydrogen (secondary N) is 3. The molecule has 0 amide bonds. The number of H-pyrrole nitrogens is 1. The SMILES string of the molecule is COc1cc(F)cc(NC(=N)C2(C)CCN(c3nc4[nH]nc(-c5cccc(OC)c5Cl)c4nc3CO)CC2)c1. The average molecular weight is 554 g/mol. The van der Waals surface area contributed by atoms with Gasteiger partial charge in [-0.2, -0.15) is 5.10 Å². The maximum absolute atomic E-state index is 13.9. The van der Waals surface area contributed by atoms with E-state index in [1.165, 1.54) is 19.2 Å². The number of aliphatic hydroxyl groups excluding tert-OH is 1. The highest BCUT2D eigenvalue weighted by atomic mass is 35.5. The Morgan fingerprint density at radius 1 is 1.21 bits per heavy atom. The molecule has 2 aromatic carbocycles. The van der Waals surface area contributed by atoms with Crippen molar-refractivity contribution in [2.45, 2.75) is 26.4 Å². The first-order valence-corrected chi connectivity index (χ1v) is 12.8. The molecule has 0 aliphatic carbocycles. The molecule has 4 N–H and O–H groups in total. The Hall–Kier alpha value is -3.96. The van der Waals surface area contributed by atoms with Crippen molar-refractivity contribution >= 4 is 40.1 Å². The number of amidine groups is 1. The van der Waals surface area contributed by atoms with Crippen LogP contribution in [0.5, 0.6) is 11.5 Å². The number of rotatable bonds is 7. The second-order valence-corrected chi connectivity index (χ2v) is 10.0. The Bertz CT molecular complexity index is 1540. The topological polar surface area (TPSA) is 132 Å². The molecule has 4 aromatic rings. The van der Waals surface area contributed by atoms with Crippen molar-refractivity contribution in [3.63, 3.8) is 0 Å². The van der Waals surface area contributed by atoms with E-state index < -0.39 is 11.2 Å². The molecule has 12 heteroatoms. The normalized spacial score (nSPS) is 14.9. The highest BCUT2D eigenvalue weighted by Crippen LogP contribution is 2.38. The lowest BCUT2D eigenvalue weighted by molar-refractivity contribution is 0.276. The van der Waals surface area contributed by atoms with Crippen LogP contribution in [0, 0.1) is 16.6 Å². The Morgan fingerprint density at radius 2 is 1.97 bits per heavy atom. The van der Waals surface area contributed by atoms with Crippen molar-refractivity contribution in [2.24, 2.45) is 5.41 Å². The summed E-state index contributed by atoms with van der Waals surface area (Å²) in [6.45, 7) is 2.88. The van der Waals surface area contributed by atoms with Crippen molar-refractivity contribution in [3.8, 4) is 22.8 Å². The van der Waals surface area contributed by atoms with E-state index in [0.29, 0.717) is 87.9 Å². The molecular weight excluding hydrogens is 525 g/mol. The van der Waals surface area contributed by atoms with Gasteiger partial charge in [-0.15, -0.1) is 0 Å². The van der Waals surface area contributed by atoms with Crippen LogP contribution in [0.3, 0.4) is 0 Å². The number of benzene rings is 2. The third-order valence-corrected chi connectivity index (χ3v) is 7.57. The van der Waals surface area contributed by atoms with Gasteiger partial charge in [0.2, 0.25) is 0 Å². The molecule has 39 heavy (non-hydrogen) atoms. The minimum Gasteiger partial charge on any atom is -0.497 e. The number of ether oxygens (including phenoxy) is 2. The Labute approximate surface area is 229 Å². The molecule has 0 atom stereocenters.